The highest BCUT2D eigenvalue weighted by atomic mass is 16.6. The van der Waals surface area contributed by atoms with Gasteiger partial charge in [0, 0.05) is 5.57 Å². The largest absolute Gasteiger partial charge is 0.460 e. The normalized spacial score (nSPS) is 12.8. The number of benzene rings is 1. The fraction of sp³-hybridized carbons (Fsp3) is 0.474. The van der Waals surface area contributed by atoms with Gasteiger partial charge in [0.25, 0.3) is 0 Å². The van der Waals surface area contributed by atoms with E-state index in [1.165, 1.54) is 0 Å². The first kappa shape index (κ1) is 21.7. The summed E-state index contributed by atoms with van der Waals surface area (Å²) in [5.74, 6) is -0.121. The predicted octanol–water partition coefficient (Wildman–Crippen LogP) is 1.96. The molecule has 2 atom stereocenters. The number of hydrogen-bond donors (Lipinski definition) is 3. The van der Waals surface area contributed by atoms with Gasteiger partial charge in [0.15, 0.2) is 0 Å². The van der Waals surface area contributed by atoms with Crippen LogP contribution < -0.4 is 10.1 Å². The third kappa shape index (κ3) is 9.19. The van der Waals surface area contributed by atoms with Crippen LogP contribution in [0.2, 0.25) is 0 Å². The lowest BCUT2D eigenvalue weighted by molar-refractivity contribution is -0.138. The summed E-state index contributed by atoms with van der Waals surface area (Å²) in [6, 6.07) is 6.95. The maximum atomic E-state index is 11.6. The van der Waals surface area contributed by atoms with Crippen molar-refractivity contribution in [2.75, 3.05) is 13.2 Å². The summed E-state index contributed by atoms with van der Waals surface area (Å²) in [5.41, 5.74) is 1.29. The van der Waals surface area contributed by atoms with Crippen LogP contribution in [-0.4, -0.2) is 47.6 Å². The number of aryl methyl sites for hydroxylation is 1. The number of hydrogen-bond acceptors (Lipinski definition) is 6. The van der Waals surface area contributed by atoms with Gasteiger partial charge in [-0.25, -0.2) is 9.59 Å². The molecule has 1 rings (SSSR count). The Morgan fingerprint density at radius 3 is 2.46 bits per heavy atom. The van der Waals surface area contributed by atoms with Crippen molar-refractivity contribution in [1.82, 2.24) is 5.32 Å². The molecule has 1 aromatic carbocycles. The molecule has 0 bridgehead atoms. The first-order valence-corrected chi connectivity index (χ1v) is 8.51. The lowest BCUT2D eigenvalue weighted by Gasteiger charge is -2.12. The van der Waals surface area contributed by atoms with E-state index in [2.05, 4.69) is 11.9 Å². The van der Waals surface area contributed by atoms with Gasteiger partial charge in [0.1, 0.15) is 12.4 Å². The summed E-state index contributed by atoms with van der Waals surface area (Å²) in [5, 5.41) is 21.4. The summed E-state index contributed by atoms with van der Waals surface area (Å²) in [6.07, 6.45) is -0.151. The van der Waals surface area contributed by atoms with Crippen molar-refractivity contribution in [3.05, 3.63) is 42.0 Å². The Bertz CT molecular complexity index is 597. The Hall–Kier alpha value is -2.38. The van der Waals surface area contributed by atoms with E-state index < -0.39 is 24.3 Å². The SMILES string of the molecule is C=C(C)C(=O)OCCNC(=O)Oc1ccc(CCC(O)CC(C)O)cc1. The number of carbonyl (C=O) groups excluding carboxylic acids is 2. The summed E-state index contributed by atoms with van der Waals surface area (Å²) in [7, 11) is 0. The molecule has 0 radical (unpaired) electrons. The molecule has 0 aliphatic heterocycles. The average molecular weight is 365 g/mol. The molecule has 0 aromatic heterocycles. The Morgan fingerprint density at radius 2 is 1.88 bits per heavy atom. The second kappa shape index (κ2) is 11.3. The van der Waals surface area contributed by atoms with Crippen LogP contribution in [0.25, 0.3) is 0 Å². The molecule has 0 aliphatic carbocycles. The van der Waals surface area contributed by atoms with Crippen LogP contribution in [-0.2, 0) is 16.0 Å². The molecular formula is C19H27NO6. The van der Waals surface area contributed by atoms with E-state index >= 15 is 0 Å². The lowest BCUT2D eigenvalue weighted by atomic mass is 10.0. The maximum Gasteiger partial charge on any atom is 0.412 e. The fourth-order valence-electron chi connectivity index (χ4n) is 2.13. The van der Waals surface area contributed by atoms with Crippen molar-refractivity contribution in [3.63, 3.8) is 0 Å². The number of amides is 1. The van der Waals surface area contributed by atoms with Crippen molar-refractivity contribution in [2.45, 2.75) is 45.3 Å². The number of aliphatic hydroxyl groups is 2. The first-order chi connectivity index (χ1) is 12.3. The van der Waals surface area contributed by atoms with Gasteiger partial charge in [0.2, 0.25) is 0 Å². The van der Waals surface area contributed by atoms with E-state index in [4.69, 9.17) is 9.47 Å². The third-order valence-corrected chi connectivity index (χ3v) is 3.47. The molecular weight excluding hydrogens is 338 g/mol. The quantitative estimate of drug-likeness (QED) is 0.333. The highest BCUT2D eigenvalue weighted by Gasteiger charge is 2.09. The number of ether oxygens (including phenoxy) is 2. The van der Waals surface area contributed by atoms with Crippen LogP contribution in [0.3, 0.4) is 0 Å². The van der Waals surface area contributed by atoms with E-state index in [9.17, 15) is 19.8 Å². The number of rotatable bonds is 10. The van der Waals surface area contributed by atoms with Crippen LogP contribution in [0.15, 0.2) is 36.4 Å². The third-order valence-electron chi connectivity index (χ3n) is 3.47. The van der Waals surface area contributed by atoms with Gasteiger partial charge < -0.3 is 25.0 Å². The van der Waals surface area contributed by atoms with Crippen LogP contribution >= 0.6 is 0 Å². The zero-order valence-electron chi connectivity index (χ0n) is 15.2. The molecule has 7 nitrogen and oxygen atoms in total. The van der Waals surface area contributed by atoms with Gasteiger partial charge in [-0.05, 0) is 50.8 Å². The topological polar surface area (TPSA) is 105 Å². The zero-order valence-corrected chi connectivity index (χ0v) is 15.2. The molecule has 0 saturated heterocycles. The predicted molar refractivity (Wildman–Crippen MR) is 96.9 cm³/mol. The summed E-state index contributed by atoms with van der Waals surface area (Å²) >= 11 is 0. The van der Waals surface area contributed by atoms with Gasteiger partial charge in [-0.15, -0.1) is 0 Å². The minimum atomic E-state index is -0.642. The molecule has 0 aliphatic rings. The van der Waals surface area contributed by atoms with Crippen LogP contribution in [0, 0.1) is 0 Å². The monoisotopic (exact) mass is 365 g/mol. The zero-order chi connectivity index (χ0) is 19.5. The highest BCUT2D eigenvalue weighted by Crippen LogP contribution is 2.15. The molecule has 1 aromatic rings. The van der Waals surface area contributed by atoms with Gasteiger partial charge in [-0.1, -0.05) is 18.7 Å². The number of aliphatic hydroxyl groups excluding tert-OH is 2. The molecule has 0 heterocycles. The molecule has 2 unspecified atom stereocenters. The van der Waals surface area contributed by atoms with Crippen molar-refractivity contribution in [1.29, 1.82) is 0 Å². The molecule has 3 N–H and O–H groups in total. The standard InChI is InChI=1S/C19H27NO6/c1-13(2)18(23)25-11-10-20-19(24)26-17-8-5-15(6-9-17)4-7-16(22)12-14(3)21/h5-6,8-9,14,16,21-22H,1,4,7,10-12H2,2-3H3,(H,20,24). The summed E-state index contributed by atoms with van der Waals surface area (Å²) < 4.78 is 9.96. The minimum absolute atomic E-state index is 0.0362. The first-order valence-electron chi connectivity index (χ1n) is 8.51. The summed E-state index contributed by atoms with van der Waals surface area (Å²) in [4.78, 5) is 22.8. The van der Waals surface area contributed by atoms with Crippen molar-refractivity contribution in [2.24, 2.45) is 0 Å². The molecule has 144 valence electrons. The molecule has 0 fully saturated rings. The molecule has 26 heavy (non-hydrogen) atoms. The maximum absolute atomic E-state index is 11.6. The Balaban J connectivity index is 2.29. The Labute approximate surface area is 153 Å². The number of carbonyl (C=O) groups is 2. The van der Waals surface area contributed by atoms with Gasteiger partial charge in [-0.3, -0.25) is 0 Å². The number of esters is 1. The van der Waals surface area contributed by atoms with Crippen LogP contribution in [0.4, 0.5) is 4.79 Å². The van der Waals surface area contributed by atoms with Crippen LogP contribution in [0.1, 0.15) is 32.3 Å². The van der Waals surface area contributed by atoms with Crippen molar-refractivity contribution >= 4 is 12.1 Å². The van der Waals surface area contributed by atoms with Crippen molar-refractivity contribution < 1.29 is 29.3 Å². The van der Waals surface area contributed by atoms with Crippen molar-refractivity contribution in [3.8, 4) is 5.75 Å². The van der Waals surface area contributed by atoms with Gasteiger partial charge in [-0.2, -0.15) is 0 Å². The highest BCUT2D eigenvalue weighted by molar-refractivity contribution is 5.86. The van der Waals surface area contributed by atoms with Crippen LogP contribution in [0.5, 0.6) is 5.75 Å². The van der Waals surface area contributed by atoms with E-state index in [0.717, 1.165) is 5.56 Å². The van der Waals surface area contributed by atoms with E-state index in [-0.39, 0.29) is 13.2 Å². The van der Waals surface area contributed by atoms with E-state index in [0.29, 0.717) is 30.6 Å². The summed E-state index contributed by atoms with van der Waals surface area (Å²) in [6.45, 7) is 6.81. The second-order valence-electron chi connectivity index (χ2n) is 6.15. The second-order valence-corrected chi connectivity index (χ2v) is 6.15. The van der Waals surface area contributed by atoms with Gasteiger partial charge >= 0.3 is 12.1 Å². The van der Waals surface area contributed by atoms with Gasteiger partial charge in [0.05, 0.1) is 18.8 Å². The minimum Gasteiger partial charge on any atom is -0.460 e. The lowest BCUT2D eigenvalue weighted by Crippen LogP contribution is -2.30. The molecule has 0 saturated carbocycles. The average Bonchev–Trinajstić information content (AvgIpc) is 2.57. The smallest absolute Gasteiger partial charge is 0.412 e. The Kier molecular flexibility index (Phi) is 9.40. The number of nitrogens with one attached hydrogen (secondary N) is 1. The molecule has 0 spiro atoms. The Morgan fingerprint density at radius 1 is 1.23 bits per heavy atom. The molecule has 1 amide bonds. The van der Waals surface area contributed by atoms with E-state index in [1.807, 2.05) is 12.1 Å². The van der Waals surface area contributed by atoms with E-state index in [1.54, 1.807) is 26.0 Å². The molecule has 7 heteroatoms. The fourth-order valence-corrected chi connectivity index (χ4v) is 2.13.